The number of hydrogen-bond donors (Lipinski definition) is 3. The third kappa shape index (κ3) is 5.32. The Labute approximate surface area is 209 Å². The topological polar surface area (TPSA) is 108 Å². The number of nitrogens with zero attached hydrogens (tertiary/aromatic N) is 1. The van der Waals surface area contributed by atoms with E-state index in [0.717, 1.165) is 11.3 Å². The van der Waals surface area contributed by atoms with Crippen molar-refractivity contribution in [2.75, 3.05) is 17.2 Å². The van der Waals surface area contributed by atoms with Crippen LogP contribution >= 0.6 is 11.6 Å². The number of carbonyl (C=O) groups excluding carboxylic acids is 4. The number of anilines is 2. The summed E-state index contributed by atoms with van der Waals surface area (Å²) in [5, 5.41) is 8.87. The van der Waals surface area contributed by atoms with Crippen molar-refractivity contribution in [2.24, 2.45) is 11.3 Å². The molecule has 2 aliphatic rings. The minimum Gasteiger partial charge on any atom is -0.323 e. The lowest BCUT2D eigenvalue weighted by atomic mass is 9.64. The predicted octanol–water partition coefficient (Wildman–Crippen LogP) is 4.67. The Balaban J connectivity index is 1.45. The molecule has 2 fully saturated rings. The van der Waals surface area contributed by atoms with Crippen LogP contribution in [0.25, 0.3) is 0 Å². The third-order valence-corrected chi connectivity index (χ3v) is 6.73. The quantitative estimate of drug-likeness (QED) is 0.523. The molecule has 0 bridgehead atoms. The highest BCUT2D eigenvalue weighted by atomic mass is 35.5. The van der Waals surface area contributed by atoms with Gasteiger partial charge in [0.15, 0.2) is 0 Å². The van der Waals surface area contributed by atoms with Gasteiger partial charge in [0.25, 0.3) is 11.8 Å². The van der Waals surface area contributed by atoms with E-state index in [1.165, 1.54) is 0 Å². The summed E-state index contributed by atoms with van der Waals surface area (Å²) in [5.74, 6) is -0.996. The first-order valence-electron chi connectivity index (χ1n) is 11.6. The number of amides is 5. The summed E-state index contributed by atoms with van der Waals surface area (Å²) in [6.45, 7) is 5.84. The van der Waals surface area contributed by atoms with Crippen LogP contribution in [0.2, 0.25) is 5.02 Å². The highest BCUT2D eigenvalue weighted by Crippen LogP contribution is 2.46. The smallest absolute Gasteiger partial charge is 0.323 e. The molecule has 8 nitrogen and oxygen atoms in total. The van der Waals surface area contributed by atoms with Gasteiger partial charge in [-0.2, -0.15) is 0 Å². The van der Waals surface area contributed by atoms with Gasteiger partial charge >= 0.3 is 6.03 Å². The number of carbonyl (C=O) groups is 4. The van der Waals surface area contributed by atoms with Crippen molar-refractivity contribution in [3.63, 3.8) is 0 Å². The van der Waals surface area contributed by atoms with Crippen molar-refractivity contribution < 1.29 is 19.2 Å². The van der Waals surface area contributed by atoms with E-state index in [9.17, 15) is 19.2 Å². The van der Waals surface area contributed by atoms with Crippen LogP contribution in [-0.4, -0.2) is 40.7 Å². The number of imide groups is 1. The molecule has 2 aromatic carbocycles. The Bertz CT molecular complexity index is 1180. The first-order valence-corrected chi connectivity index (χ1v) is 12.0. The van der Waals surface area contributed by atoms with Crippen LogP contribution in [-0.2, 0) is 9.59 Å². The molecule has 1 spiro atoms. The van der Waals surface area contributed by atoms with Crippen LogP contribution in [0.3, 0.4) is 0 Å². The van der Waals surface area contributed by atoms with Crippen molar-refractivity contribution in [3.05, 3.63) is 59.1 Å². The van der Waals surface area contributed by atoms with Crippen molar-refractivity contribution >= 4 is 46.7 Å². The highest BCUT2D eigenvalue weighted by Gasteiger charge is 2.56. The second kappa shape index (κ2) is 9.34. The number of rotatable bonds is 5. The van der Waals surface area contributed by atoms with Crippen molar-refractivity contribution in [1.82, 2.24) is 10.2 Å². The lowest BCUT2D eigenvalue weighted by Gasteiger charge is -2.43. The number of nitrogens with one attached hydrogen (secondary N) is 3. The van der Waals surface area contributed by atoms with Crippen LogP contribution in [0.5, 0.6) is 0 Å². The lowest BCUT2D eigenvalue weighted by Crippen LogP contribution is -2.54. The summed E-state index contributed by atoms with van der Waals surface area (Å²) in [6, 6.07) is 12.6. The molecule has 1 saturated heterocycles. The SMILES string of the molecule is CC1CC(C)(C)CC2(C1)NC(=O)N(CC(=O)Nc1ccccc1NC(=O)c1ccc(Cl)cc1)C2=O. The zero-order chi connectivity index (χ0) is 25.4. The van der Waals surface area contributed by atoms with Crippen LogP contribution in [0, 0.1) is 11.3 Å². The maximum absolute atomic E-state index is 13.3. The number of benzene rings is 2. The largest absolute Gasteiger partial charge is 0.325 e. The Kier molecular flexibility index (Phi) is 6.60. The molecule has 9 heteroatoms. The first-order chi connectivity index (χ1) is 16.5. The minimum absolute atomic E-state index is 0.0971. The fraction of sp³-hybridized carbons (Fsp3) is 0.385. The van der Waals surface area contributed by atoms with Gasteiger partial charge in [0.05, 0.1) is 11.4 Å². The first kappa shape index (κ1) is 24.7. The molecule has 2 atom stereocenters. The van der Waals surface area contributed by atoms with Gasteiger partial charge in [0.1, 0.15) is 12.1 Å². The molecule has 35 heavy (non-hydrogen) atoms. The number of halogens is 1. The molecule has 3 N–H and O–H groups in total. The average molecular weight is 497 g/mol. The molecule has 1 aliphatic heterocycles. The van der Waals surface area contributed by atoms with Crippen LogP contribution in [0.15, 0.2) is 48.5 Å². The maximum atomic E-state index is 13.3. The van der Waals surface area contributed by atoms with E-state index >= 15 is 0 Å². The zero-order valence-electron chi connectivity index (χ0n) is 20.0. The number of hydrogen-bond acceptors (Lipinski definition) is 4. The van der Waals surface area contributed by atoms with E-state index in [1.54, 1.807) is 48.5 Å². The standard InChI is InChI=1S/C26H29ClN4O4/c1-16-12-25(2,3)15-26(13-16)23(34)31(24(35)30-26)14-21(32)28-19-6-4-5-7-20(19)29-22(33)17-8-10-18(27)11-9-17/h4-11,16H,12-15H2,1-3H3,(H,28,32)(H,29,33)(H,30,35). The van der Waals surface area contributed by atoms with Gasteiger partial charge in [-0.15, -0.1) is 0 Å². The van der Waals surface area contributed by atoms with Crippen molar-refractivity contribution in [3.8, 4) is 0 Å². The maximum Gasteiger partial charge on any atom is 0.325 e. The zero-order valence-corrected chi connectivity index (χ0v) is 20.7. The summed E-state index contributed by atoms with van der Waals surface area (Å²) in [4.78, 5) is 52.5. The summed E-state index contributed by atoms with van der Waals surface area (Å²) in [5.41, 5.74) is 0.0828. The summed E-state index contributed by atoms with van der Waals surface area (Å²) < 4.78 is 0. The van der Waals surface area contributed by atoms with E-state index < -0.39 is 24.0 Å². The summed E-state index contributed by atoms with van der Waals surface area (Å²) >= 11 is 5.88. The normalized spacial score (nSPS) is 23.2. The Morgan fingerprint density at radius 2 is 1.66 bits per heavy atom. The van der Waals surface area contributed by atoms with Crippen LogP contribution < -0.4 is 16.0 Å². The molecular weight excluding hydrogens is 468 g/mol. The highest BCUT2D eigenvalue weighted by molar-refractivity contribution is 6.30. The molecule has 0 aromatic heterocycles. The van der Waals surface area contributed by atoms with E-state index in [4.69, 9.17) is 11.6 Å². The Morgan fingerprint density at radius 1 is 1.03 bits per heavy atom. The Hall–Kier alpha value is -3.39. The van der Waals surface area contributed by atoms with Crippen LogP contribution in [0.4, 0.5) is 16.2 Å². The second-order valence-electron chi connectivity index (χ2n) is 10.3. The van der Waals surface area contributed by atoms with Gasteiger partial charge in [-0.25, -0.2) is 4.79 Å². The average Bonchev–Trinajstić information content (AvgIpc) is 2.97. The van der Waals surface area contributed by atoms with Crippen LogP contribution in [0.1, 0.15) is 50.4 Å². The molecule has 1 aliphatic carbocycles. The molecular formula is C26H29ClN4O4. The Morgan fingerprint density at radius 3 is 2.29 bits per heavy atom. The van der Waals surface area contributed by atoms with E-state index in [1.807, 2.05) is 0 Å². The van der Waals surface area contributed by atoms with E-state index in [2.05, 4.69) is 36.7 Å². The summed E-state index contributed by atoms with van der Waals surface area (Å²) in [7, 11) is 0. The van der Waals surface area contributed by atoms with E-state index in [-0.39, 0.29) is 23.1 Å². The fourth-order valence-corrected chi connectivity index (χ4v) is 5.61. The van der Waals surface area contributed by atoms with Gasteiger partial charge in [-0.3, -0.25) is 19.3 Å². The second-order valence-corrected chi connectivity index (χ2v) is 10.7. The van der Waals surface area contributed by atoms with Crippen molar-refractivity contribution in [2.45, 2.75) is 45.6 Å². The van der Waals surface area contributed by atoms with E-state index in [0.29, 0.717) is 34.8 Å². The van der Waals surface area contributed by atoms with Crippen molar-refractivity contribution in [1.29, 1.82) is 0 Å². The molecule has 5 amide bonds. The van der Waals surface area contributed by atoms with Gasteiger partial charge < -0.3 is 16.0 Å². The molecule has 184 valence electrons. The fourth-order valence-electron chi connectivity index (χ4n) is 5.48. The molecule has 2 unspecified atom stereocenters. The van der Waals surface area contributed by atoms with Gasteiger partial charge in [0.2, 0.25) is 5.91 Å². The predicted molar refractivity (Wildman–Crippen MR) is 134 cm³/mol. The molecule has 1 saturated carbocycles. The third-order valence-electron chi connectivity index (χ3n) is 6.48. The minimum atomic E-state index is -0.969. The monoisotopic (exact) mass is 496 g/mol. The molecule has 4 rings (SSSR count). The van der Waals surface area contributed by atoms with Gasteiger partial charge in [0, 0.05) is 10.6 Å². The number of para-hydroxylation sites is 2. The number of urea groups is 1. The molecule has 1 heterocycles. The molecule has 0 radical (unpaired) electrons. The molecule has 2 aromatic rings. The van der Waals surface area contributed by atoms with Gasteiger partial charge in [-0.05, 0) is 67.0 Å². The summed E-state index contributed by atoms with van der Waals surface area (Å²) in [6.07, 6.45) is 2.06. The van der Waals surface area contributed by atoms with Gasteiger partial charge in [-0.1, -0.05) is 44.5 Å². The lowest BCUT2D eigenvalue weighted by molar-refractivity contribution is -0.136.